The zero-order valence-corrected chi connectivity index (χ0v) is 15.7. The van der Waals surface area contributed by atoms with Gasteiger partial charge < -0.3 is 0 Å². The van der Waals surface area contributed by atoms with Crippen LogP contribution >= 0.6 is 0 Å². The second-order valence-electron chi connectivity index (χ2n) is 4.15. The van der Waals surface area contributed by atoms with Gasteiger partial charge in [-0.15, -0.1) is 0 Å². The minimum absolute atomic E-state index is 0. The SMILES string of the molecule is C[C]1C(C)=C(C)C(C)=C1C.[C-]#[O+].[C-]#[O+].[Re].c1ccncc1. The molecule has 0 aliphatic heterocycles. The summed E-state index contributed by atoms with van der Waals surface area (Å²) in [5.41, 5.74) is 5.87. The summed E-state index contributed by atoms with van der Waals surface area (Å²) in [6, 6.07) is 5.72. The van der Waals surface area contributed by atoms with Crippen LogP contribution in [0.2, 0.25) is 0 Å². The van der Waals surface area contributed by atoms with Gasteiger partial charge in [0.05, 0.1) is 0 Å². The van der Waals surface area contributed by atoms with E-state index >= 15 is 0 Å². The van der Waals surface area contributed by atoms with Crippen LogP contribution in [-0.4, -0.2) is 4.98 Å². The Hall–Kier alpha value is -1.23. The van der Waals surface area contributed by atoms with Gasteiger partial charge in [0.25, 0.3) is 0 Å². The van der Waals surface area contributed by atoms with Crippen LogP contribution < -0.4 is 0 Å². The van der Waals surface area contributed by atoms with E-state index in [4.69, 9.17) is 9.30 Å². The Bertz CT molecular complexity index is 431. The molecule has 4 heteroatoms. The number of rotatable bonds is 0. The van der Waals surface area contributed by atoms with E-state index in [1.54, 1.807) is 12.4 Å². The van der Waals surface area contributed by atoms with Crippen molar-refractivity contribution in [3.8, 4) is 0 Å². The van der Waals surface area contributed by atoms with Gasteiger partial charge in [-0.05, 0) is 51.0 Å². The zero-order chi connectivity index (χ0) is 16.1. The fraction of sp³-hybridized carbons (Fsp3) is 0.294. The Labute approximate surface area is 141 Å². The predicted octanol–water partition coefficient (Wildman–Crippen LogP) is 4.27. The van der Waals surface area contributed by atoms with Crippen molar-refractivity contribution in [1.82, 2.24) is 4.98 Å². The smallest absolute Gasteiger partial charge is 0.0267 e. The van der Waals surface area contributed by atoms with Gasteiger partial charge in [-0.3, -0.25) is 4.98 Å². The molecule has 0 atom stereocenters. The molecule has 0 fully saturated rings. The summed E-state index contributed by atoms with van der Waals surface area (Å²) in [4.78, 5) is 3.78. The first-order chi connectivity index (χ1) is 9.55. The number of hydrogen-bond acceptors (Lipinski definition) is 1. The summed E-state index contributed by atoms with van der Waals surface area (Å²) < 4.78 is 15.0. The van der Waals surface area contributed by atoms with Gasteiger partial charge in [0, 0.05) is 38.7 Å². The quantitative estimate of drug-likeness (QED) is 0.425. The summed E-state index contributed by atoms with van der Waals surface area (Å²) in [6.45, 7) is 20.0. The van der Waals surface area contributed by atoms with Crippen molar-refractivity contribution >= 4 is 0 Å². The molecule has 1 heterocycles. The van der Waals surface area contributed by atoms with Crippen molar-refractivity contribution in [2.45, 2.75) is 34.6 Å². The molecule has 2 radical (unpaired) electrons. The van der Waals surface area contributed by atoms with Gasteiger partial charge in [0.1, 0.15) is 0 Å². The van der Waals surface area contributed by atoms with Gasteiger partial charge >= 0.3 is 22.6 Å². The molecule has 0 saturated heterocycles. The van der Waals surface area contributed by atoms with E-state index in [0.717, 1.165) is 0 Å². The standard InChI is InChI=1S/C10H15.C5H5N.2CO.Re/c1-6-7(2)9(4)10(5)8(6)3;1-2-4-6-5-3-1;2*1-2;/h1-5H3;1-5H;;;. The van der Waals surface area contributed by atoms with E-state index in [2.05, 4.69) is 52.9 Å². The first kappa shape index (κ1) is 24.8. The van der Waals surface area contributed by atoms with Gasteiger partial charge in [-0.1, -0.05) is 24.1 Å². The topological polar surface area (TPSA) is 52.7 Å². The molecule has 0 spiro atoms. The van der Waals surface area contributed by atoms with Crippen LogP contribution in [0.4, 0.5) is 0 Å². The normalized spacial score (nSPS) is 12.6. The second kappa shape index (κ2) is 15.2. The molecule has 1 aromatic rings. The molecule has 0 unspecified atom stereocenters. The predicted molar refractivity (Wildman–Crippen MR) is 77.8 cm³/mol. The Balaban J connectivity index is -0.000000255. The number of aromatic nitrogens is 1. The Morgan fingerprint density at radius 1 is 0.667 bits per heavy atom. The summed E-state index contributed by atoms with van der Waals surface area (Å²) in [5.74, 6) is 1.47. The minimum Gasteiger partial charge on any atom is -0.265 e. The van der Waals surface area contributed by atoms with E-state index in [9.17, 15) is 0 Å². The van der Waals surface area contributed by atoms with Crippen LogP contribution in [0.15, 0.2) is 52.9 Å². The Morgan fingerprint density at radius 3 is 1.10 bits per heavy atom. The molecule has 0 bridgehead atoms. The van der Waals surface area contributed by atoms with Crippen molar-refractivity contribution < 1.29 is 29.7 Å². The van der Waals surface area contributed by atoms with E-state index in [1.807, 2.05) is 18.2 Å². The number of allylic oxidation sites excluding steroid dienone is 4. The average molecular weight is 457 g/mol. The number of pyridine rings is 1. The summed E-state index contributed by atoms with van der Waals surface area (Å²) in [6.07, 6.45) is 3.50. The molecule has 112 valence electrons. The molecule has 0 amide bonds. The van der Waals surface area contributed by atoms with Crippen LogP contribution in [0.25, 0.3) is 0 Å². The van der Waals surface area contributed by atoms with Crippen LogP contribution in [0.3, 0.4) is 0 Å². The van der Waals surface area contributed by atoms with E-state index in [-0.39, 0.29) is 20.4 Å². The van der Waals surface area contributed by atoms with E-state index in [0.29, 0.717) is 0 Å². The van der Waals surface area contributed by atoms with Crippen molar-refractivity contribution in [3.05, 3.63) is 72.1 Å². The zero-order valence-electron chi connectivity index (χ0n) is 13.0. The van der Waals surface area contributed by atoms with Crippen LogP contribution in [0.1, 0.15) is 34.6 Å². The summed E-state index contributed by atoms with van der Waals surface area (Å²) in [5, 5.41) is 0. The molecular formula is C17H20NO2Re. The van der Waals surface area contributed by atoms with Gasteiger partial charge in [0.2, 0.25) is 0 Å². The molecule has 2 rings (SSSR count). The molecule has 1 aliphatic carbocycles. The molecule has 3 nitrogen and oxygen atoms in total. The molecule has 0 aromatic carbocycles. The van der Waals surface area contributed by atoms with Gasteiger partial charge in [0.15, 0.2) is 0 Å². The maximum Gasteiger partial charge on any atom is 0.0267 e. The third kappa shape index (κ3) is 8.61. The molecule has 1 aromatic heterocycles. The van der Waals surface area contributed by atoms with Crippen molar-refractivity contribution in [1.29, 1.82) is 0 Å². The largest absolute Gasteiger partial charge is 0.265 e. The molecule has 0 saturated carbocycles. The summed E-state index contributed by atoms with van der Waals surface area (Å²) in [7, 11) is 0. The maximum atomic E-state index is 7.50. The van der Waals surface area contributed by atoms with Gasteiger partial charge in [-0.25, -0.2) is 0 Å². The second-order valence-corrected chi connectivity index (χ2v) is 4.15. The third-order valence-corrected chi connectivity index (χ3v) is 3.38. The average Bonchev–Trinajstić information content (AvgIpc) is 2.71. The van der Waals surface area contributed by atoms with E-state index in [1.165, 1.54) is 28.2 Å². The molecule has 0 N–H and O–H groups in total. The monoisotopic (exact) mass is 457 g/mol. The number of hydrogen-bond donors (Lipinski definition) is 0. The minimum atomic E-state index is 0. The molecule has 1 aliphatic rings. The van der Waals surface area contributed by atoms with Crippen LogP contribution in [0, 0.1) is 19.2 Å². The van der Waals surface area contributed by atoms with Crippen LogP contribution in [-0.2, 0) is 29.7 Å². The molecule has 21 heavy (non-hydrogen) atoms. The van der Waals surface area contributed by atoms with Gasteiger partial charge in [-0.2, -0.15) is 0 Å². The Morgan fingerprint density at radius 2 is 1.00 bits per heavy atom. The van der Waals surface area contributed by atoms with Crippen molar-refractivity contribution in [2.75, 3.05) is 0 Å². The van der Waals surface area contributed by atoms with E-state index < -0.39 is 0 Å². The third-order valence-electron chi connectivity index (χ3n) is 3.38. The first-order valence-corrected chi connectivity index (χ1v) is 6.01. The maximum absolute atomic E-state index is 7.50. The first-order valence-electron chi connectivity index (χ1n) is 6.01. The fourth-order valence-electron chi connectivity index (χ4n) is 1.72. The Kier molecular flexibility index (Phi) is 17.9. The van der Waals surface area contributed by atoms with Crippen molar-refractivity contribution in [3.63, 3.8) is 0 Å². The molecular weight excluding hydrogens is 436 g/mol. The van der Waals surface area contributed by atoms with Crippen LogP contribution in [0.5, 0.6) is 0 Å². The fourth-order valence-corrected chi connectivity index (χ4v) is 1.72. The summed E-state index contributed by atoms with van der Waals surface area (Å²) >= 11 is 0. The van der Waals surface area contributed by atoms with Crippen molar-refractivity contribution in [2.24, 2.45) is 0 Å². The number of nitrogens with zero attached hydrogens (tertiary/aromatic N) is 1.